The number of esters is 1. The maximum atomic E-state index is 13.7. The molecule has 0 saturated carbocycles. The highest BCUT2D eigenvalue weighted by atomic mass is 16.6. The van der Waals surface area contributed by atoms with Crippen LogP contribution in [0.4, 0.5) is 4.79 Å². The largest absolute Gasteiger partial charge is 0.494 e. The van der Waals surface area contributed by atoms with Crippen LogP contribution < -0.4 is 62.7 Å². The Balaban J connectivity index is 1.01. The molecule has 8 aromatic carbocycles. The Labute approximate surface area is 799 Å². The van der Waals surface area contributed by atoms with Gasteiger partial charge in [0, 0.05) is 24.6 Å². The molecular formula is C115H164N2O16. The van der Waals surface area contributed by atoms with Gasteiger partial charge in [0.1, 0.15) is 127 Å². The number of methoxy groups -OCH3 is 1. The van der Waals surface area contributed by atoms with Crippen LogP contribution in [0.1, 0.15) is 357 Å². The minimum Gasteiger partial charge on any atom is -0.494 e. The highest BCUT2D eigenvalue weighted by molar-refractivity contribution is 5.89. The van der Waals surface area contributed by atoms with Crippen LogP contribution in [0.2, 0.25) is 0 Å². The first-order valence-electron chi connectivity index (χ1n) is 51.2. The van der Waals surface area contributed by atoms with E-state index in [-0.39, 0.29) is 26.2 Å². The van der Waals surface area contributed by atoms with E-state index in [2.05, 4.69) is 86.9 Å². The number of hydrogen-bond donors (Lipinski definition) is 2. The van der Waals surface area contributed by atoms with Gasteiger partial charge in [-0.2, -0.15) is 0 Å². The lowest BCUT2D eigenvalue weighted by atomic mass is 10.0. The zero-order valence-electron chi connectivity index (χ0n) is 82.7. The third kappa shape index (κ3) is 48.5. The second kappa shape index (κ2) is 66.2. The SMILES string of the molecule is CCCCCCCCCCCCOc1ccc(COc2cc(COc3cc(COc4ccc(C[C@@H](NC(=O)OC(C)(C)C)C(=O)N[C@H](C)C(=O)OC)cc4)cc(OCc4cc(OCc5ccc(OCCCCCCCCCCCC)cc5)cc(OCc5ccc(OCCCCCCCCCCCC)cc5)c4)c3)cc(OCc3ccc(OCCCCCCCCCCCC)cc3)c2)cc1. The molecule has 0 aromatic heterocycles. The summed E-state index contributed by atoms with van der Waals surface area (Å²) in [6.07, 6.45) is 50.3. The summed E-state index contributed by atoms with van der Waals surface area (Å²) in [5.74, 6) is 6.18. The van der Waals surface area contributed by atoms with Crippen molar-refractivity contribution in [1.82, 2.24) is 10.6 Å². The number of carbonyl (C=O) groups excluding carboxylic acids is 3. The minimum atomic E-state index is -1.10. The first-order valence-corrected chi connectivity index (χ1v) is 51.2. The van der Waals surface area contributed by atoms with Crippen molar-refractivity contribution in [2.24, 2.45) is 0 Å². The topological polar surface area (TPSA) is 195 Å². The average molecular weight is 1830 g/mol. The van der Waals surface area contributed by atoms with Gasteiger partial charge in [0.25, 0.3) is 0 Å². The van der Waals surface area contributed by atoms with Gasteiger partial charge in [0.2, 0.25) is 5.91 Å². The Hall–Kier alpha value is -10.2. The second-order valence-corrected chi connectivity index (χ2v) is 37.0. The van der Waals surface area contributed by atoms with E-state index < -0.39 is 35.7 Å². The van der Waals surface area contributed by atoms with Crippen LogP contribution in [0, 0.1) is 0 Å². The monoisotopic (exact) mass is 1830 g/mol. The maximum Gasteiger partial charge on any atom is 0.408 e. The number of hydrogen-bond acceptors (Lipinski definition) is 16. The minimum absolute atomic E-state index is 0.0728. The van der Waals surface area contributed by atoms with Gasteiger partial charge < -0.3 is 72.2 Å². The number of alkyl carbamates (subject to hydrolysis) is 1. The summed E-state index contributed by atoms with van der Waals surface area (Å²) < 4.78 is 82.0. The van der Waals surface area contributed by atoms with Gasteiger partial charge in [0.15, 0.2) is 0 Å². The van der Waals surface area contributed by atoms with Gasteiger partial charge in [0.05, 0.1) is 33.5 Å². The molecule has 133 heavy (non-hydrogen) atoms. The summed E-state index contributed by atoms with van der Waals surface area (Å²) in [5.41, 5.74) is 6.21. The Bertz CT molecular complexity index is 4000. The molecule has 0 heterocycles. The van der Waals surface area contributed by atoms with Crippen LogP contribution >= 0.6 is 0 Å². The lowest BCUT2D eigenvalue weighted by molar-refractivity contribution is -0.144. The molecular weight excluding hydrogens is 1670 g/mol. The number of amides is 2. The molecule has 0 unspecified atom stereocenters. The Kier molecular flexibility index (Phi) is 53.8. The quantitative estimate of drug-likeness (QED) is 0.0270. The molecule has 0 aliphatic rings. The molecule has 2 N–H and O–H groups in total. The molecule has 2 amide bonds. The van der Waals surface area contributed by atoms with Gasteiger partial charge in [-0.05, 0) is 195 Å². The first kappa shape index (κ1) is 108. The van der Waals surface area contributed by atoms with Crippen molar-refractivity contribution in [2.45, 2.75) is 383 Å². The van der Waals surface area contributed by atoms with Gasteiger partial charge >= 0.3 is 12.1 Å². The molecule has 18 heteroatoms. The van der Waals surface area contributed by atoms with Crippen molar-refractivity contribution in [2.75, 3.05) is 33.5 Å². The zero-order valence-corrected chi connectivity index (χ0v) is 82.7. The predicted molar refractivity (Wildman–Crippen MR) is 538 cm³/mol. The summed E-state index contributed by atoms with van der Waals surface area (Å²) in [4.78, 5) is 39.2. The number of rotatable bonds is 75. The Morgan fingerprint density at radius 3 is 0.699 bits per heavy atom. The number of nitrogens with one attached hydrogen (secondary N) is 2. The molecule has 0 spiro atoms. The standard InChI is InChI=1S/C115H164N2O16/c1-10-14-18-22-26-30-34-38-42-46-70-122-100-62-52-93(53-63-100)84-127-105-76-98(77-106(81-105)128-85-94-54-64-101(65-55-94)123-71-47-43-39-35-31-27-23-19-15-11-2)89-131-109-74-97(88-126-104-60-50-92(51-61-104)80-111(117-114(120)133-115(6,7)8)112(118)116-91(5)113(119)121-9)75-110(83-109)132-90-99-78-107(129-86-95-56-66-102(67-57-95)124-72-48-44-40-36-32-28-24-20-16-12-3)82-108(79-99)130-87-96-58-68-103(69-59-96)125-73-49-45-41-37-33-29-25-21-17-13-4/h50-69,74-79,81-83,91,111H,10-49,70-73,80,84-90H2,1-9H3,(H,116,118)(H,117,120)/t91-,111-/m1/s1. The summed E-state index contributed by atoms with van der Waals surface area (Å²) in [5, 5.41) is 5.36. The van der Waals surface area contributed by atoms with E-state index in [0.29, 0.717) is 98.7 Å². The molecule has 0 saturated heterocycles. The van der Waals surface area contributed by atoms with Crippen LogP contribution in [-0.4, -0.2) is 69.2 Å². The molecule has 0 aliphatic heterocycles. The fourth-order valence-corrected chi connectivity index (χ4v) is 15.8. The van der Waals surface area contributed by atoms with Gasteiger partial charge in [-0.15, -0.1) is 0 Å². The van der Waals surface area contributed by atoms with Crippen LogP contribution in [0.25, 0.3) is 0 Å². The predicted octanol–water partition coefficient (Wildman–Crippen LogP) is 30.1. The van der Waals surface area contributed by atoms with E-state index in [4.69, 9.17) is 61.6 Å². The van der Waals surface area contributed by atoms with Crippen molar-refractivity contribution < 1.29 is 76.0 Å². The van der Waals surface area contributed by atoms with Crippen molar-refractivity contribution in [1.29, 1.82) is 0 Å². The third-order valence-electron chi connectivity index (χ3n) is 23.7. The summed E-state index contributed by atoms with van der Waals surface area (Å²) in [6, 6.07) is 55.4. The molecule has 18 nitrogen and oxygen atoms in total. The highest BCUT2D eigenvalue weighted by Gasteiger charge is 2.28. The second-order valence-electron chi connectivity index (χ2n) is 37.0. The van der Waals surface area contributed by atoms with Crippen molar-refractivity contribution in [3.05, 3.63) is 220 Å². The van der Waals surface area contributed by atoms with Crippen LogP contribution in [0.5, 0.6) is 63.2 Å². The van der Waals surface area contributed by atoms with Crippen LogP contribution in [-0.2, 0) is 71.7 Å². The number of ether oxygens (including phenoxy) is 13. The fourth-order valence-electron chi connectivity index (χ4n) is 15.8. The number of unbranched alkanes of at least 4 members (excludes halogenated alkanes) is 36. The fraction of sp³-hybridized carbons (Fsp3) is 0.557. The van der Waals surface area contributed by atoms with E-state index in [0.717, 1.165) is 87.6 Å². The molecule has 0 aliphatic carbocycles. The molecule has 8 rings (SSSR count). The smallest absolute Gasteiger partial charge is 0.408 e. The number of benzene rings is 8. The van der Waals surface area contributed by atoms with E-state index in [1.807, 2.05) is 115 Å². The van der Waals surface area contributed by atoms with Gasteiger partial charge in [-0.1, -0.05) is 320 Å². The molecule has 0 fully saturated rings. The van der Waals surface area contributed by atoms with E-state index >= 15 is 0 Å². The summed E-state index contributed by atoms with van der Waals surface area (Å²) >= 11 is 0. The lowest BCUT2D eigenvalue weighted by Crippen LogP contribution is -2.52. The van der Waals surface area contributed by atoms with E-state index in [1.54, 1.807) is 32.9 Å². The molecule has 8 aromatic rings. The van der Waals surface area contributed by atoms with Crippen molar-refractivity contribution >= 4 is 18.0 Å². The van der Waals surface area contributed by atoms with Crippen LogP contribution in [0.15, 0.2) is 176 Å². The molecule has 0 bridgehead atoms. The Morgan fingerprint density at radius 2 is 0.466 bits per heavy atom. The molecule has 2 atom stereocenters. The van der Waals surface area contributed by atoms with Gasteiger partial charge in [-0.3, -0.25) is 4.79 Å². The molecule has 0 radical (unpaired) electrons. The van der Waals surface area contributed by atoms with Crippen molar-refractivity contribution in [3.8, 4) is 63.2 Å². The molecule has 730 valence electrons. The van der Waals surface area contributed by atoms with Gasteiger partial charge in [-0.25, -0.2) is 9.59 Å². The maximum absolute atomic E-state index is 13.7. The van der Waals surface area contributed by atoms with Crippen molar-refractivity contribution in [3.63, 3.8) is 0 Å². The average Bonchev–Trinajstić information content (AvgIpc) is 0.840. The van der Waals surface area contributed by atoms with Crippen LogP contribution in [0.3, 0.4) is 0 Å². The van der Waals surface area contributed by atoms with E-state index in [9.17, 15) is 14.4 Å². The Morgan fingerprint density at radius 1 is 0.256 bits per heavy atom. The summed E-state index contributed by atoms with van der Waals surface area (Å²) in [7, 11) is 1.25. The first-order chi connectivity index (χ1) is 65.0. The third-order valence-corrected chi connectivity index (χ3v) is 23.7. The lowest BCUT2D eigenvalue weighted by Gasteiger charge is -2.24. The van der Waals surface area contributed by atoms with E-state index in [1.165, 1.54) is 245 Å². The zero-order chi connectivity index (χ0) is 94.2. The normalized spacial score (nSPS) is 11.7. The summed E-state index contributed by atoms with van der Waals surface area (Å²) in [6.45, 7) is 20.2. The highest BCUT2D eigenvalue weighted by Crippen LogP contribution is 2.33. The number of carbonyl (C=O) groups is 3.